The molecule has 0 N–H and O–H groups in total. The van der Waals surface area contributed by atoms with E-state index in [0.29, 0.717) is 26.1 Å². The van der Waals surface area contributed by atoms with Gasteiger partial charge in [-0.25, -0.2) is 0 Å². The van der Waals surface area contributed by atoms with Gasteiger partial charge >= 0.3 is 0 Å². The Balaban J connectivity index is 1.47. The first-order valence-corrected chi connectivity index (χ1v) is 9.00. The molecule has 0 fully saturated rings. The lowest BCUT2D eigenvalue weighted by atomic mass is 9.97. The molecule has 130 valence electrons. The minimum absolute atomic E-state index is 0.199. The Bertz CT molecular complexity index is 800. The molecule has 0 spiro atoms. The van der Waals surface area contributed by atoms with Crippen LogP contribution >= 0.6 is 0 Å². The van der Waals surface area contributed by atoms with Crippen LogP contribution in [0, 0.1) is 6.92 Å². The van der Waals surface area contributed by atoms with Gasteiger partial charge < -0.3 is 14.4 Å². The van der Waals surface area contributed by atoms with Gasteiger partial charge in [-0.3, -0.25) is 4.79 Å². The average molecular weight is 337 g/mol. The molecule has 2 aliphatic rings. The van der Waals surface area contributed by atoms with Crippen LogP contribution in [0.1, 0.15) is 29.5 Å². The van der Waals surface area contributed by atoms with Crippen LogP contribution in [0.15, 0.2) is 36.4 Å². The highest BCUT2D eigenvalue weighted by Crippen LogP contribution is 2.33. The summed E-state index contributed by atoms with van der Waals surface area (Å²) in [7, 11) is 0. The van der Waals surface area contributed by atoms with Gasteiger partial charge in [0.25, 0.3) is 0 Å². The van der Waals surface area contributed by atoms with E-state index in [1.165, 1.54) is 11.1 Å². The Morgan fingerprint density at radius 1 is 1.12 bits per heavy atom. The summed E-state index contributed by atoms with van der Waals surface area (Å²) < 4.78 is 11.2. The Morgan fingerprint density at radius 2 is 1.96 bits per heavy atom. The zero-order valence-corrected chi connectivity index (χ0v) is 14.6. The number of benzene rings is 2. The summed E-state index contributed by atoms with van der Waals surface area (Å²) in [4.78, 5) is 14.8. The summed E-state index contributed by atoms with van der Waals surface area (Å²) in [5.41, 5.74) is 4.71. The predicted octanol–water partition coefficient (Wildman–Crippen LogP) is 3.68. The summed E-state index contributed by atoms with van der Waals surface area (Å²) in [6, 6.07) is 12.3. The zero-order valence-electron chi connectivity index (χ0n) is 14.6. The lowest BCUT2D eigenvalue weighted by molar-refractivity contribution is -0.118. The number of para-hydroxylation sites is 1. The Kier molecular flexibility index (Phi) is 4.35. The van der Waals surface area contributed by atoms with Crippen LogP contribution in [0.3, 0.4) is 0 Å². The van der Waals surface area contributed by atoms with Gasteiger partial charge in [0.15, 0.2) is 11.5 Å². The van der Waals surface area contributed by atoms with E-state index in [1.807, 2.05) is 23.1 Å². The van der Waals surface area contributed by atoms with Crippen LogP contribution in [0.4, 0.5) is 5.69 Å². The fourth-order valence-electron chi connectivity index (χ4n) is 3.73. The van der Waals surface area contributed by atoms with Gasteiger partial charge in [-0.2, -0.15) is 0 Å². The quantitative estimate of drug-likeness (QED) is 0.858. The van der Waals surface area contributed by atoms with Gasteiger partial charge in [0.1, 0.15) is 13.2 Å². The predicted molar refractivity (Wildman–Crippen MR) is 97.6 cm³/mol. The minimum atomic E-state index is 0.199. The number of carbonyl (C=O) groups is 1. The third kappa shape index (κ3) is 3.21. The highest BCUT2D eigenvalue weighted by molar-refractivity contribution is 5.95. The molecule has 0 aromatic heterocycles. The van der Waals surface area contributed by atoms with Crippen LogP contribution in [0.2, 0.25) is 0 Å². The molecule has 0 saturated carbocycles. The molecule has 1 amide bonds. The Morgan fingerprint density at radius 3 is 2.84 bits per heavy atom. The molecule has 4 nitrogen and oxygen atoms in total. The van der Waals surface area contributed by atoms with E-state index in [2.05, 4.69) is 25.1 Å². The molecule has 0 unspecified atom stereocenters. The molecule has 2 aliphatic heterocycles. The Labute approximate surface area is 148 Å². The van der Waals surface area contributed by atoms with E-state index < -0.39 is 0 Å². The molecule has 4 rings (SSSR count). The maximum absolute atomic E-state index is 12.8. The van der Waals surface area contributed by atoms with Crippen LogP contribution < -0.4 is 14.4 Å². The average Bonchev–Trinajstić information content (AvgIpc) is 2.66. The van der Waals surface area contributed by atoms with Crippen molar-refractivity contribution >= 4 is 11.6 Å². The number of hydrogen-bond donors (Lipinski definition) is 0. The number of amides is 1. The summed E-state index contributed by atoms with van der Waals surface area (Å²) in [6.45, 7) is 4.08. The fraction of sp³-hybridized carbons (Fsp3) is 0.381. The van der Waals surface area contributed by atoms with Crippen molar-refractivity contribution in [2.24, 2.45) is 0 Å². The first-order valence-electron chi connectivity index (χ1n) is 9.00. The molecule has 25 heavy (non-hydrogen) atoms. The van der Waals surface area contributed by atoms with Crippen LogP contribution in [0.25, 0.3) is 0 Å². The van der Waals surface area contributed by atoms with Gasteiger partial charge in [-0.15, -0.1) is 0 Å². The number of anilines is 1. The largest absolute Gasteiger partial charge is 0.486 e. The standard InChI is InChI=1S/C21H23NO3/c1-15-4-2-5-17-6-3-11-22(21(15)17)20(23)10-8-16-7-9-18-19(14-16)25-13-12-24-18/h2,4-5,7,9,14H,3,6,8,10-13H2,1H3. The second kappa shape index (κ2) is 6.79. The molecule has 0 atom stereocenters. The van der Waals surface area contributed by atoms with Crippen LogP contribution in [-0.4, -0.2) is 25.7 Å². The van der Waals surface area contributed by atoms with Gasteiger partial charge in [-0.1, -0.05) is 24.3 Å². The molecule has 0 aliphatic carbocycles. The van der Waals surface area contributed by atoms with Crippen molar-refractivity contribution in [3.8, 4) is 11.5 Å². The number of fused-ring (bicyclic) bond motifs is 2. The van der Waals surface area contributed by atoms with E-state index >= 15 is 0 Å². The summed E-state index contributed by atoms with van der Waals surface area (Å²) in [6.07, 6.45) is 3.32. The van der Waals surface area contributed by atoms with Crippen molar-refractivity contribution < 1.29 is 14.3 Å². The highest BCUT2D eigenvalue weighted by atomic mass is 16.6. The molecule has 2 aromatic rings. The third-order valence-corrected chi connectivity index (χ3v) is 4.95. The Hall–Kier alpha value is -2.49. The summed E-state index contributed by atoms with van der Waals surface area (Å²) in [5, 5.41) is 0. The third-order valence-electron chi connectivity index (χ3n) is 4.95. The highest BCUT2D eigenvalue weighted by Gasteiger charge is 2.23. The molecular formula is C21H23NO3. The summed E-state index contributed by atoms with van der Waals surface area (Å²) in [5.74, 6) is 1.78. The molecular weight excluding hydrogens is 314 g/mol. The van der Waals surface area contributed by atoms with E-state index in [9.17, 15) is 4.79 Å². The normalized spacial score (nSPS) is 15.6. The van der Waals surface area contributed by atoms with Crippen molar-refractivity contribution in [2.75, 3.05) is 24.7 Å². The zero-order chi connectivity index (χ0) is 17.2. The number of aryl methyl sites for hydroxylation is 3. The maximum Gasteiger partial charge on any atom is 0.227 e. The maximum atomic E-state index is 12.8. The van der Waals surface area contributed by atoms with E-state index in [-0.39, 0.29) is 5.91 Å². The lowest BCUT2D eigenvalue weighted by Crippen LogP contribution is -2.36. The van der Waals surface area contributed by atoms with Gasteiger partial charge in [0.2, 0.25) is 5.91 Å². The van der Waals surface area contributed by atoms with E-state index in [1.54, 1.807) is 0 Å². The number of rotatable bonds is 3. The number of hydrogen-bond acceptors (Lipinski definition) is 3. The van der Waals surface area contributed by atoms with Crippen molar-refractivity contribution in [1.29, 1.82) is 0 Å². The monoisotopic (exact) mass is 337 g/mol. The molecule has 2 aromatic carbocycles. The summed E-state index contributed by atoms with van der Waals surface area (Å²) >= 11 is 0. The number of nitrogens with zero attached hydrogens (tertiary/aromatic N) is 1. The van der Waals surface area contributed by atoms with Crippen LogP contribution in [-0.2, 0) is 17.6 Å². The van der Waals surface area contributed by atoms with Crippen molar-refractivity contribution in [3.63, 3.8) is 0 Å². The van der Waals surface area contributed by atoms with Crippen molar-refractivity contribution in [3.05, 3.63) is 53.1 Å². The second-order valence-corrected chi connectivity index (χ2v) is 6.71. The second-order valence-electron chi connectivity index (χ2n) is 6.71. The molecule has 0 radical (unpaired) electrons. The number of ether oxygens (including phenoxy) is 2. The molecule has 0 bridgehead atoms. The van der Waals surface area contributed by atoms with Gasteiger partial charge in [0, 0.05) is 18.7 Å². The number of carbonyl (C=O) groups excluding carboxylic acids is 1. The van der Waals surface area contributed by atoms with Crippen molar-refractivity contribution in [1.82, 2.24) is 0 Å². The molecule has 0 saturated heterocycles. The van der Waals surface area contributed by atoms with E-state index in [0.717, 1.165) is 42.1 Å². The first kappa shape index (κ1) is 16.0. The van der Waals surface area contributed by atoms with Crippen molar-refractivity contribution in [2.45, 2.75) is 32.6 Å². The fourth-order valence-corrected chi connectivity index (χ4v) is 3.73. The molecule has 2 heterocycles. The first-order chi connectivity index (χ1) is 12.2. The lowest BCUT2D eigenvalue weighted by Gasteiger charge is -2.31. The molecule has 4 heteroatoms. The minimum Gasteiger partial charge on any atom is -0.486 e. The van der Waals surface area contributed by atoms with Gasteiger partial charge in [-0.05, 0) is 55.0 Å². The SMILES string of the molecule is Cc1cccc2c1N(C(=O)CCc1ccc3c(c1)OCCO3)CCC2. The smallest absolute Gasteiger partial charge is 0.227 e. The van der Waals surface area contributed by atoms with E-state index in [4.69, 9.17) is 9.47 Å². The van der Waals surface area contributed by atoms with Crippen LogP contribution in [0.5, 0.6) is 11.5 Å². The van der Waals surface area contributed by atoms with Gasteiger partial charge in [0.05, 0.1) is 0 Å². The topological polar surface area (TPSA) is 38.8 Å².